The van der Waals surface area contributed by atoms with Crippen molar-refractivity contribution in [3.05, 3.63) is 45.6 Å². The van der Waals surface area contributed by atoms with E-state index in [1.54, 1.807) is 6.92 Å². The van der Waals surface area contributed by atoms with Crippen LogP contribution in [0.4, 0.5) is 0 Å². The zero-order chi connectivity index (χ0) is 20.7. The third kappa shape index (κ3) is 10.4. The zero-order valence-electron chi connectivity index (χ0n) is 18.4. The molecule has 1 aromatic carbocycles. The molecular weight excluding hydrogens is 449 g/mol. The second-order valence-corrected chi connectivity index (χ2v) is 20.8. The topological polar surface area (TPSA) is 29.1 Å². The van der Waals surface area contributed by atoms with Crippen molar-refractivity contribution in [3.8, 4) is 11.8 Å². The summed E-state index contributed by atoms with van der Waals surface area (Å²) < 4.78 is 6.88. The van der Waals surface area contributed by atoms with E-state index in [1.165, 1.54) is 51.8 Å². The van der Waals surface area contributed by atoms with E-state index >= 15 is 0 Å². The summed E-state index contributed by atoms with van der Waals surface area (Å²) in [5.74, 6) is 6.77. The molecule has 154 valence electrons. The summed E-state index contributed by atoms with van der Waals surface area (Å²) in [6, 6.07) is 10.2. The fourth-order valence-electron chi connectivity index (χ4n) is 3.57. The molecule has 1 amide bonds. The van der Waals surface area contributed by atoms with Crippen LogP contribution < -0.4 is 5.32 Å². The van der Waals surface area contributed by atoms with E-state index in [9.17, 15) is 4.79 Å². The van der Waals surface area contributed by atoms with E-state index in [0.29, 0.717) is 6.54 Å². The van der Waals surface area contributed by atoms with Crippen LogP contribution in [0.2, 0.25) is 13.3 Å². The Hall–Kier alpha value is -1.21. The molecule has 0 atom stereocenters. The third-order valence-corrected chi connectivity index (χ3v) is 19.5. The molecule has 0 radical (unpaired) electrons. The first-order chi connectivity index (χ1) is 13.5. The molecule has 0 aliphatic carbocycles. The van der Waals surface area contributed by atoms with E-state index in [1.807, 2.05) is 30.3 Å². The van der Waals surface area contributed by atoms with E-state index < -0.39 is 18.4 Å². The number of nitrogens with one attached hydrogen (secondary N) is 1. The summed E-state index contributed by atoms with van der Waals surface area (Å²) in [5, 5.41) is 3.00. The Bertz CT molecular complexity index is 632. The van der Waals surface area contributed by atoms with Crippen LogP contribution in [0.25, 0.3) is 0 Å². The molecule has 0 spiro atoms. The summed E-state index contributed by atoms with van der Waals surface area (Å²) in [4.78, 5) is 11.5. The van der Waals surface area contributed by atoms with Crippen LogP contribution in [-0.4, -0.2) is 30.8 Å². The van der Waals surface area contributed by atoms with Crippen LogP contribution in [0.15, 0.2) is 40.0 Å². The van der Waals surface area contributed by atoms with E-state index in [4.69, 9.17) is 0 Å². The number of hydrogen-bond acceptors (Lipinski definition) is 1. The summed E-state index contributed by atoms with van der Waals surface area (Å²) in [5.41, 5.74) is 2.17. The van der Waals surface area contributed by atoms with Gasteiger partial charge >= 0.3 is 178 Å². The van der Waals surface area contributed by atoms with Crippen molar-refractivity contribution >= 4 is 24.3 Å². The van der Waals surface area contributed by atoms with Gasteiger partial charge < -0.3 is 0 Å². The number of unbranched alkanes of at least 4 members (excludes halogenated alkanes) is 3. The molecule has 1 aromatic rings. The molecule has 0 bridgehead atoms. The van der Waals surface area contributed by atoms with Gasteiger partial charge in [0.2, 0.25) is 0 Å². The summed E-state index contributed by atoms with van der Waals surface area (Å²) in [6.07, 6.45) is 7.79. The molecule has 0 saturated heterocycles. The molecule has 3 heteroatoms. The minimum absolute atomic E-state index is 0.0175. The maximum absolute atomic E-state index is 11.5. The Morgan fingerprint density at radius 3 is 1.96 bits per heavy atom. The normalized spacial score (nSPS) is 11.6. The number of amides is 1. The third-order valence-electron chi connectivity index (χ3n) is 5.23. The number of hydrogen-bond donors (Lipinski definition) is 1. The monoisotopic (exact) mass is 489 g/mol. The van der Waals surface area contributed by atoms with Gasteiger partial charge in [0, 0.05) is 0 Å². The van der Waals surface area contributed by atoms with Crippen molar-refractivity contribution in [2.45, 2.75) is 79.5 Å². The first kappa shape index (κ1) is 24.8. The number of rotatable bonds is 12. The van der Waals surface area contributed by atoms with Gasteiger partial charge in [-0.1, -0.05) is 0 Å². The fourth-order valence-corrected chi connectivity index (χ4v) is 18.6. The van der Waals surface area contributed by atoms with Gasteiger partial charge in [0.05, 0.1) is 0 Å². The van der Waals surface area contributed by atoms with Crippen molar-refractivity contribution < 1.29 is 4.79 Å². The number of carbonyl (C=O) groups is 1. The van der Waals surface area contributed by atoms with Crippen molar-refractivity contribution in [3.63, 3.8) is 0 Å². The Morgan fingerprint density at radius 2 is 1.50 bits per heavy atom. The quantitative estimate of drug-likeness (QED) is 0.265. The maximum atomic E-state index is 11.5. The van der Waals surface area contributed by atoms with Crippen molar-refractivity contribution in [2.75, 3.05) is 6.54 Å². The predicted molar refractivity (Wildman–Crippen MR) is 125 cm³/mol. The van der Waals surface area contributed by atoms with E-state index in [-0.39, 0.29) is 5.91 Å². The molecule has 1 rings (SSSR count). The van der Waals surface area contributed by atoms with Crippen molar-refractivity contribution in [2.24, 2.45) is 0 Å². The van der Waals surface area contributed by atoms with Gasteiger partial charge in [0.1, 0.15) is 0 Å². The molecule has 0 heterocycles. The summed E-state index contributed by atoms with van der Waals surface area (Å²) in [7, 11) is 0. The molecular formula is C25H39NOSn. The average Bonchev–Trinajstić information content (AvgIpc) is 2.71. The van der Waals surface area contributed by atoms with E-state index in [2.05, 4.69) is 42.0 Å². The van der Waals surface area contributed by atoms with Crippen molar-refractivity contribution in [1.29, 1.82) is 0 Å². The molecule has 0 aliphatic heterocycles. The summed E-state index contributed by atoms with van der Waals surface area (Å²) in [6.45, 7) is 9.05. The minimum atomic E-state index is -2.44. The second-order valence-electron chi connectivity index (χ2n) is 7.87. The first-order valence-corrected chi connectivity index (χ1v) is 18.8. The average molecular weight is 488 g/mol. The van der Waals surface area contributed by atoms with Crippen molar-refractivity contribution in [1.82, 2.24) is 5.32 Å². The predicted octanol–water partition coefficient (Wildman–Crippen LogP) is 6.49. The SMILES string of the molecule is CCC[CH2][Sn](/[CH]=C(\C#Cc1ccccc1)CNC(C)=O)([CH2]CCC)[CH2]CCC. The van der Waals surface area contributed by atoms with Gasteiger partial charge in [0.15, 0.2) is 0 Å². The first-order valence-electron chi connectivity index (χ1n) is 11.1. The van der Waals surface area contributed by atoms with Gasteiger partial charge in [-0.15, -0.1) is 0 Å². The van der Waals surface area contributed by atoms with Gasteiger partial charge in [-0.25, -0.2) is 0 Å². The van der Waals surface area contributed by atoms with Crippen LogP contribution in [-0.2, 0) is 4.79 Å². The molecule has 28 heavy (non-hydrogen) atoms. The van der Waals surface area contributed by atoms with E-state index in [0.717, 1.165) is 11.1 Å². The van der Waals surface area contributed by atoms with Crippen LogP contribution in [0, 0.1) is 11.8 Å². The fraction of sp³-hybridized carbons (Fsp3) is 0.560. The molecule has 1 N–H and O–H groups in total. The van der Waals surface area contributed by atoms with Gasteiger partial charge in [0.25, 0.3) is 0 Å². The van der Waals surface area contributed by atoms with Gasteiger partial charge in [-0.05, 0) is 0 Å². The summed E-state index contributed by atoms with van der Waals surface area (Å²) >= 11 is -2.44. The molecule has 2 nitrogen and oxygen atoms in total. The Labute approximate surface area is 177 Å². The molecule has 0 fully saturated rings. The van der Waals surface area contributed by atoms with Crippen LogP contribution in [0.3, 0.4) is 0 Å². The Morgan fingerprint density at radius 1 is 0.964 bits per heavy atom. The van der Waals surface area contributed by atoms with Gasteiger partial charge in [-0.3, -0.25) is 0 Å². The number of benzene rings is 1. The molecule has 0 saturated carbocycles. The molecule has 0 unspecified atom stereocenters. The zero-order valence-corrected chi connectivity index (χ0v) is 21.3. The Kier molecular flexibility index (Phi) is 13.1. The molecule has 0 aliphatic rings. The molecule has 0 aromatic heterocycles. The Balaban J connectivity index is 3.24. The van der Waals surface area contributed by atoms with Gasteiger partial charge in [-0.2, -0.15) is 0 Å². The number of carbonyl (C=O) groups excluding carboxylic acids is 1. The standard InChI is InChI=1S/C13H12NO.3C4H9.Sn/c1-11(10-14-12(2)15)8-9-13-6-4-3-5-7-13;3*1-3-4-2;/h1,3-7H,10H2,2H3,(H,14,15);3*1,3-4H2,2H3;. The van der Waals surface area contributed by atoms with Crippen LogP contribution in [0.1, 0.15) is 71.8 Å². The van der Waals surface area contributed by atoms with Crippen LogP contribution >= 0.6 is 0 Å². The van der Waals surface area contributed by atoms with Crippen LogP contribution in [0.5, 0.6) is 0 Å². The second kappa shape index (κ2) is 14.7.